The Hall–Kier alpha value is -8.20. The summed E-state index contributed by atoms with van der Waals surface area (Å²) in [6, 6.07) is 88.5. The van der Waals surface area contributed by atoms with Crippen LogP contribution >= 0.6 is 0 Å². The Balaban J connectivity index is 1.01. The van der Waals surface area contributed by atoms with Crippen molar-refractivity contribution in [1.82, 2.24) is 4.57 Å². The lowest BCUT2D eigenvalue weighted by Crippen LogP contribution is -2.10. The number of hydrogen-bond acceptors (Lipinski definition) is 1. The molecule has 0 atom stereocenters. The predicted octanol–water partition coefficient (Wildman–Crippen LogP) is 16.7. The quantitative estimate of drug-likeness (QED) is 0.146. The fraction of sp³-hybridized carbons (Fsp3) is 0. The molecule has 0 aliphatic carbocycles. The first-order valence-electron chi connectivity index (χ1n) is 21.3. The topological polar surface area (TPSA) is 8.17 Å². The Morgan fingerprint density at radius 2 is 0.823 bits per heavy atom. The van der Waals surface area contributed by atoms with E-state index in [1.54, 1.807) is 0 Å². The molecule has 0 fully saturated rings. The third-order valence-electron chi connectivity index (χ3n) is 12.5. The third kappa shape index (κ3) is 5.96. The monoisotopic (exact) mass is 788 g/mol. The van der Waals surface area contributed by atoms with E-state index in [-0.39, 0.29) is 0 Å². The second-order valence-corrected chi connectivity index (χ2v) is 16.1. The number of nitrogens with zero attached hydrogens (tertiary/aromatic N) is 2. The van der Waals surface area contributed by atoms with Gasteiger partial charge in [0.05, 0.1) is 16.7 Å². The van der Waals surface area contributed by atoms with Crippen LogP contribution in [-0.2, 0) is 0 Å². The molecule has 2 heteroatoms. The fourth-order valence-electron chi connectivity index (χ4n) is 9.72. The molecule has 1 heterocycles. The van der Waals surface area contributed by atoms with Crippen LogP contribution in [0.5, 0.6) is 0 Å². The Morgan fingerprint density at radius 1 is 0.274 bits per heavy atom. The van der Waals surface area contributed by atoms with Gasteiger partial charge >= 0.3 is 0 Å². The third-order valence-corrected chi connectivity index (χ3v) is 12.5. The molecule has 0 radical (unpaired) electrons. The van der Waals surface area contributed by atoms with Crippen LogP contribution in [-0.4, -0.2) is 4.57 Å². The lowest BCUT2D eigenvalue weighted by molar-refractivity contribution is 1.18. The van der Waals surface area contributed by atoms with Gasteiger partial charge in [-0.25, -0.2) is 0 Å². The van der Waals surface area contributed by atoms with E-state index in [9.17, 15) is 0 Å². The largest absolute Gasteiger partial charge is 0.310 e. The maximum Gasteiger partial charge on any atom is 0.0541 e. The van der Waals surface area contributed by atoms with Gasteiger partial charge in [0, 0.05) is 33.4 Å². The summed E-state index contributed by atoms with van der Waals surface area (Å²) in [5.41, 5.74) is 13.9. The highest BCUT2D eigenvalue weighted by atomic mass is 15.1. The molecular formula is C60H40N2. The van der Waals surface area contributed by atoms with Crippen molar-refractivity contribution in [2.75, 3.05) is 4.90 Å². The highest BCUT2D eigenvalue weighted by Gasteiger charge is 2.19. The normalized spacial score (nSPS) is 11.5. The van der Waals surface area contributed by atoms with Crippen LogP contribution in [0.25, 0.3) is 93.2 Å². The summed E-state index contributed by atoms with van der Waals surface area (Å²) in [7, 11) is 0. The van der Waals surface area contributed by atoms with E-state index in [1.165, 1.54) is 81.9 Å². The van der Waals surface area contributed by atoms with Crippen molar-refractivity contribution >= 4 is 71.2 Å². The van der Waals surface area contributed by atoms with Crippen molar-refractivity contribution in [2.24, 2.45) is 0 Å². The summed E-state index contributed by atoms with van der Waals surface area (Å²) in [5, 5.41) is 10.1. The van der Waals surface area contributed by atoms with Gasteiger partial charge in [-0.15, -0.1) is 0 Å². The number of hydrogen-bond donors (Lipinski definition) is 0. The minimum atomic E-state index is 1.08. The maximum atomic E-state index is 2.42. The van der Waals surface area contributed by atoms with Gasteiger partial charge in [0.2, 0.25) is 0 Å². The Morgan fingerprint density at radius 3 is 1.56 bits per heavy atom. The zero-order chi connectivity index (χ0) is 41.0. The van der Waals surface area contributed by atoms with Crippen LogP contribution in [0.1, 0.15) is 0 Å². The maximum absolute atomic E-state index is 2.42. The van der Waals surface area contributed by atoms with Crippen molar-refractivity contribution < 1.29 is 0 Å². The van der Waals surface area contributed by atoms with Gasteiger partial charge in [0.25, 0.3) is 0 Å². The Labute approximate surface area is 360 Å². The molecule has 1 aromatic heterocycles. The van der Waals surface area contributed by atoms with E-state index < -0.39 is 0 Å². The molecule has 0 spiro atoms. The van der Waals surface area contributed by atoms with Crippen LogP contribution in [0.2, 0.25) is 0 Å². The van der Waals surface area contributed by atoms with Crippen molar-refractivity contribution in [3.8, 4) is 39.1 Å². The molecule has 0 saturated heterocycles. The summed E-state index contributed by atoms with van der Waals surface area (Å²) >= 11 is 0. The number of anilines is 3. The second-order valence-electron chi connectivity index (χ2n) is 16.1. The van der Waals surface area contributed by atoms with Gasteiger partial charge in [-0.2, -0.15) is 0 Å². The van der Waals surface area contributed by atoms with E-state index in [1.807, 2.05) is 0 Å². The number of rotatable bonds is 7. The van der Waals surface area contributed by atoms with Gasteiger partial charge in [-0.3, -0.25) is 0 Å². The Bertz CT molecular complexity index is 3580. The molecule has 0 N–H and O–H groups in total. The average molecular weight is 789 g/mol. The van der Waals surface area contributed by atoms with Crippen molar-refractivity contribution in [2.45, 2.75) is 0 Å². The van der Waals surface area contributed by atoms with E-state index >= 15 is 0 Å². The summed E-state index contributed by atoms with van der Waals surface area (Å²) in [6.07, 6.45) is 0. The summed E-state index contributed by atoms with van der Waals surface area (Å²) in [6.45, 7) is 0. The smallest absolute Gasteiger partial charge is 0.0541 e. The predicted molar refractivity (Wildman–Crippen MR) is 264 cm³/mol. The lowest BCUT2D eigenvalue weighted by atomic mass is 9.90. The van der Waals surface area contributed by atoms with Crippen molar-refractivity contribution in [3.63, 3.8) is 0 Å². The molecule has 0 aliphatic heterocycles. The first-order valence-corrected chi connectivity index (χ1v) is 21.3. The molecule has 0 aliphatic rings. The van der Waals surface area contributed by atoms with E-state index in [2.05, 4.69) is 252 Å². The standard InChI is InChI=1S/C60H40N2/c1-2-16-41(17-3-1)44-19-14-21-48(38-44)61(49-22-15-20-45(39-49)56-40-46-33-32-42-18-4-5-24-51(42)60(46)55-28-7-6-25-52(55)56)47-36-34-43(35-37-47)50-23-8-11-29-57(50)62-58-30-12-9-26-53(58)54-27-10-13-31-59(54)62/h1-40H. The molecule has 0 bridgehead atoms. The molecule has 290 valence electrons. The van der Waals surface area contributed by atoms with Crippen LogP contribution in [0.15, 0.2) is 243 Å². The van der Waals surface area contributed by atoms with Crippen LogP contribution in [0.4, 0.5) is 17.1 Å². The van der Waals surface area contributed by atoms with Crippen LogP contribution in [0.3, 0.4) is 0 Å². The van der Waals surface area contributed by atoms with Crippen molar-refractivity contribution in [3.05, 3.63) is 243 Å². The van der Waals surface area contributed by atoms with Crippen LogP contribution < -0.4 is 4.90 Å². The van der Waals surface area contributed by atoms with Gasteiger partial charge < -0.3 is 9.47 Å². The zero-order valence-electron chi connectivity index (χ0n) is 34.0. The molecule has 2 nitrogen and oxygen atoms in total. The van der Waals surface area contributed by atoms with E-state index in [4.69, 9.17) is 0 Å². The van der Waals surface area contributed by atoms with Crippen LogP contribution in [0, 0.1) is 0 Å². The lowest BCUT2D eigenvalue weighted by Gasteiger charge is -2.27. The highest BCUT2D eigenvalue weighted by Crippen LogP contribution is 2.43. The molecule has 0 saturated carbocycles. The number of fused-ring (bicyclic) bond motifs is 8. The first-order chi connectivity index (χ1) is 30.8. The van der Waals surface area contributed by atoms with Gasteiger partial charge in [0.15, 0.2) is 0 Å². The second kappa shape index (κ2) is 14.8. The molecule has 0 amide bonds. The summed E-state index contributed by atoms with van der Waals surface area (Å²) in [4.78, 5) is 2.40. The SMILES string of the molecule is c1ccc(-c2cccc(N(c3ccc(-c4ccccc4-n4c5ccccc5c5ccccc54)cc3)c3cccc(-c4cc5ccc6ccccc6c5c5ccccc45)c3)c2)cc1. The number of para-hydroxylation sites is 3. The molecule has 11 aromatic carbocycles. The van der Waals surface area contributed by atoms with E-state index in [0.717, 1.165) is 28.3 Å². The first kappa shape index (κ1) is 35.7. The molecule has 62 heavy (non-hydrogen) atoms. The van der Waals surface area contributed by atoms with E-state index in [0.29, 0.717) is 0 Å². The summed E-state index contributed by atoms with van der Waals surface area (Å²) < 4.78 is 2.42. The fourth-order valence-corrected chi connectivity index (χ4v) is 9.72. The minimum Gasteiger partial charge on any atom is -0.310 e. The number of aromatic nitrogens is 1. The highest BCUT2D eigenvalue weighted by molar-refractivity contribution is 6.23. The summed E-state index contributed by atoms with van der Waals surface area (Å²) in [5.74, 6) is 0. The zero-order valence-corrected chi connectivity index (χ0v) is 34.0. The van der Waals surface area contributed by atoms with Gasteiger partial charge in [-0.05, 0) is 121 Å². The molecular weight excluding hydrogens is 749 g/mol. The van der Waals surface area contributed by atoms with Gasteiger partial charge in [0.1, 0.15) is 0 Å². The average Bonchev–Trinajstić information content (AvgIpc) is 3.68. The van der Waals surface area contributed by atoms with Gasteiger partial charge in [-0.1, -0.05) is 182 Å². The Kier molecular flexibility index (Phi) is 8.53. The van der Waals surface area contributed by atoms with Crippen molar-refractivity contribution in [1.29, 1.82) is 0 Å². The molecule has 0 unspecified atom stereocenters. The number of benzene rings is 11. The minimum absolute atomic E-state index is 1.08. The molecule has 12 rings (SSSR count). The molecule has 12 aromatic rings.